The van der Waals surface area contributed by atoms with E-state index in [-0.39, 0.29) is 0 Å². The molecule has 0 radical (unpaired) electrons. The standard InChI is InChI=1S/C18H30N2S/c1-3-17(4-2)15-20(11-7-16-8-12-21-13-16)18(14-19-17)9-5-6-10-18/h8,12-13,19H,3-7,9-11,14-15H2,1-2H3. The third-order valence-electron chi connectivity index (χ3n) is 6.10. The number of nitrogens with zero attached hydrogens (tertiary/aromatic N) is 1. The van der Waals surface area contributed by atoms with Crippen molar-refractivity contribution in [2.75, 3.05) is 19.6 Å². The molecule has 2 aliphatic rings. The summed E-state index contributed by atoms with van der Waals surface area (Å²) in [5.74, 6) is 0. The predicted octanol–water partition coefficient (Wildman–Crippen LogP) is 4.07. The molecule has 1 saturated heterocycles. The number of piperazine rings is 1. The number of nitrogens with one attached hydrogen (secondary N) is 1. The van der Waals surface area contributed by atoms with E-state index in [9.17, 15) is 0 Å². The molecule has 118 valence electrons. The van der Waals surface area contributed by atoms with Crippen molar-refractivity contribution in [3.63, 3.8) is 0 Å². The van der Waals surface area contributed by atoms with Gasteiger partial charge in [0.25, 0.3) is 0 Å². The monoisotopic (exact) mass is 306 g/mol. The summed E-state index contributed by atoms with van der Waals surface area (Å²) < 4.78 is 0. The van der Waals surface area contributed by atoms with Crippen LogP contribution in [0.3, 0.4) is 0 Å². The molecule has 1 saturated carbocycles. The fourth-order valence-electron chi connectivity index (χ4n) is 4.32. The highest BCUT2D eigenvalue weighted by molar-refractivity contribution is 7.07. The molecule has 0 atom stereocenters. The zero-order chi connectivity index (χ0) is 14.8. The van der Waals surface area contributed by atoms with E-state index in [2.05, 4.69) is 40.9 Å². The molecule has 1 aromatic rings. The molecule has 1 spiro atoms. The summed E-state index contributed by atoms with van der Waals surface area (Å²) in [5.41, 5.74) is 2.33. The smallest absolute Gasteiger partial charge is 0.0335 e. The average molecular weight is 307 g/mol. The SMILES string of the molecule is CCC1(CC)CN(CCc2ccsc2)C2(CCCC2)CN1. The second kappa shape index (κ2) is 6.39. The van der Waals surface area contributed by atoms with E-state index >= 15 is 0 Å². The summed E-state index contributed by atoms with van der Waals surface area (Å²) in [7, 11) is 0. The number of rotatable bonds is 5. The Labute approximate surface area is 133 Å². The third-order valence-corrected chi connectivity index (χ3v) is 6.83. The minimum Gasteiger partial charge on any atom is -0.308 e. The number of hydrogen-bond donors (Lipinski definition) is 1. The van der Waals surface area contributed by atoms with Crippen LogP contribution in [-0.2, 0) is 6.42 Å². The van der Waals surface area contributed by atoms with Gasteiger partial charge in [0, 0.05) is 30.7 Å². The van der Waals surface area contributed by atoms with Gasteiger partial charge < -0.3 is 5.32 Å². The molecule has 1 aliphatic carbocycles. The lowest BCUT2D eigenvalue weighted by Gasteiger charge is -2.53. The summed E-state index contributed by atoms with van der Waals surface area (Å²) in [4.78, 5) is 2.86. The fourth-order valence-corrected chi connectivity index (χ4v) is 5.02. The van der Waals surface area contributed by atoms with Gasteiger partial charge in [0.2, 0.25) is 0 Å². The second-order valence-corrected chi connectivity index (χ2v) is 7.86. The fraction of sp³-hybridized carbons (Fsp3) is 0.778. The lowest BCUT2D eigenvalue weighted by atomic mass is 9.82. The maximum atomic E-state index is 3.95. The van der Waals surface area contributed by atoms with E-state index in [1.165, 1.54) is 70.1 Å². The molecule has 3 heteroatoms. The zero-order valence-electron chi connectivity index (χ0n) is 13.7. The molecular weight excluding hydrogens is 276 g/mol. The molecule has 1 aromatic heterocycles. The Hall–Kier alpha value is -0.380. The summed E-state index contributed by atoms with van der Waals surface area (Å²) in [5, 5.41) is 8.47. The van der Waals surface area contributed by atoms with Gasteiger partial charge >= 0.3 is 0 Å². The van der Waals surface area contributed by atoms with Crippen molar-refractivity contribution in [3.05, 3.63) is 22.4 Å². The van der Waals surface area contributed by atoms with E-state index in [0.717, 1.165) is 0 Å². The minimum atomic E-state index is 0.350. The van der Waals surface area contributed by atoms with Crippen molar-refractivity contribution in [1.29, 1.82) is 0 Å². The van der Waals surface area contributed by atoms with Crippen LogP contribution >= 0.6 is 11.3 Å². The van der Waals surface area contributed by atoms with Crippen LogP contribution in [-0.4, -0.2) is 35.6 Å². The predicted molar refractivity (Wildman–Crippen MR) is 92.1 cm³/mol. The van der Waals surface area contributed by atoms with Crippen LogP contribution in [0.1, 0.15) is 57.9 Å². The molecule has 3 rings (SSSR count). The largest absolute Gasteiger partial charge is 0.308 e. The van der Waals surface area contributed by atoms with Crippen LogP contribution < -0.4 is 5.32 Å². The molecule has 0 amide bonds. The van der Waals surface area contributed by atoms with E-state index in [4.69, 9.17) is 0 Å². The summed E-state index contributed by atoms with van der Waals surface area (Å²) in [6.07, 6.45) is 9.34. The quantitative estimate of drug-likeness (QED) is 0.882. The summed E-state index contributed by atoms with van der Waals surface area (Å²) >= 11 is 1.83. The molecule has 21 heavy (non-hydrogen) atoms. The van der Waals surface area contributed by atoms with Gasteiger partial charge in [-0.1, -0.05) is 26.7 Å². The lowest BCUT2D eigenvalue weighted by Crippen LogP contribution is -2.69. The Balaban J connectivity index is 1.73. The first-order chi connectivity index (χ1) is 10.2. The molecular formula is C18H30N2S. The molecule has 1 aliphatic heterocycles. The number of hydrogen-bond acceptors (Lipinski definition) is 3. The average Bonchev–Trinajstić information content (AvgIpc) is 3.19. The van der Waals surface area contributed by atoms with Crippen LogP contribution in [0.25, 0.3) is 0 Å². The molecule has 0 aromatic carbocycles. The highest BCUT2D eigenvalue weighted by Gasteiger charge is 2.46. The maximum absolute atomic E-state index is 3.95. The Morgan fingerprint density at radius 3 is 2.62 bits per heavy atom. The molecule has 1 N–H and O–H groups in total. The number of thiophene rings is 1. The van der Waals surface area contributed by atoms with Crippen molar-refractivity contribution < 1.29 is 0 Å². The van der Waals surface area contributed by atoms with E-state index < -0.39 is 0 Å². The molecule has 0 unspecified atom stereocenters. The second-order valence-electron chi connectivity index (χ2n) is 7.08. The minimum absolute atomic E-state index is 0.350. The van der Waals surface area contributed by atoms with E-state index in [0.29, 0.717) is 11.1 Å². The molecule has 0 bridgehead atoms. The Kier molecular flexibility index (Phi) is 4.72. The van der Waals surface area contributed by atoms with Crippen molar-refractivity contribution in [1.82, 2.24) is 10.2 Å². The zero-order valence-corrected chi connectivity index (χ0v) is 14.5. The first-order valence-electron chi connectivity index (χ1n) is 8.73. The van der Waals surface area contributed by atoms with Crippen LogP contribution in [0.2, 0.25) is 0 Å². The molecule has 2 fully saturated rings. The van der Waals surface area contributed by atoms with Gasteiger partial charge in [0.15, 0.2) is 0 Å². The van der Waals surface area contributed by atoms with Crippen molar-refractivity contribution >= 4 is 11.3 Å². The first-order valence-corrected chi connectivity index (χ1v) is 9.67. The van der Waals surface area contributed by atoms with Gasteiger partial charge in [-0.15, -0.1) is 0 Å². The highest BCUT2D eigenvalue weighted by atomic mass is 32.1. The van der Waals surface area contributed by atoms with Crippen LogP contribution in [0.15, 0.2) is 16.8 Å². The highest BCUT2D eigenvalue weighted by Crippen LogP contribution is 2.39. The third kappa shape index (κ3) is 3.06. The van der Waals surface area contributed by atoms with Gasteiger partial charge in [-0.3, -0.25) is 4.90 Å². The van der Waals surface area contributed by atoms with Crippen LogP contribution in [0.5, 0.6) is 0 Å². The van der Waals surface area contributed by atoms with Crippen molar-refractivity contribution in [2.45, 2.75) is 69.9 Å². The van der Waals surface area contributed by atoms with Gasteiger partial charge in [-0.2, -0.15) is 11.3 Å². The molecule has 2 nitrogen and oxygen atoms in total. The van der Waals surface area contributed by atoms with Crippen molar-refractivity contribution in [3.8, 4) is 0 Å². The van der Waals surface area contributed by atoms with Gasteiger partial charge in [-0.25, -0.2) is 0 Å². The summed E-state index contributed by atoms with van der Waals surface area (Å²) in [6.45, 7) is 8.38. The van der Waals surface area contributed by atoms with E-state index in [1.54, 1.807) is 0 Å². The van der Waals surface area contributed by atoms with Gasteiger partial charge in [-0.05, 0) is 54.5 Å². The normalized spacial score (nSPS) is 24.7. The Morgan fingerprint density at radius 1 is 1.24 bits per heavy atom. The Morgan fingerprint density at radius 2 is 2.00 bits per heavy atom. The molecule has 2 heterocycles. The summed E-state index contributed by atoms with van der Waals surface area (Å²) in [6, 6.07) is 2.29. The van der Waals surface area contributed by atoms with E-state index in [1.807, 2.05) is 11.3 Å². The van der Waals surface area contributed by atoms with Gasteiger partial charge in [0.1, 0.15) is 0 Å². The topological polar surface area (TPSA) is 15.3 Å². The lowest BCUT2D eigenvalue weighted by molar-refractivity contribution is 0.00515. The maximum Gasteiger partial charge on any atom is 0.0335 e. The van der Waals surface area contributed by atoms with Crippen LogP contribution in [0, 0.1) is 0 Å². The Bertz CT molecular complexity index is 430. The van der Waals surface area contributed by atoms with Crippen LogP contribution in [0.4, 0.5) is 0 Å². The first kappa shape index (κ1) is 15.5. The van der Waals surface area contributed by atoms with Crippen molar-refractivity contribution in [2.24, 2.45) is 0 Å². The van der Waals surface area contributed by atoms with Gasteiger partial charge in [0.05, 0.1) is 0 Å².